The largest absolute Gasteiger partial charge is 0.369 e. The second kappa shape index (κ2) is 5.80. The molecule has 0 aliphatic carbocycles. The summed E-state index contributed by atoms with van der Waals surface area (Å²) in [6.07, 6.45) is 0.496. The third-order valence-electron chi connectivity index (χ3n) is 2.33. The fourth-order valence-electron chi connectivity index (χ4n) is 1.25. The molecule has 0 radical (unpaired) electrons. The number of carbonyl (C=O) groups excluding carboxylic acids is 2. The lowest BCUT2D eigenvalue weighted by Gasteiger charge is -2.16. The fourth-order valence-corrected chi connectivity index (χ4v) is 1.25. The summed E-state index contributed by atoms with van der Waals surface area (Å²) in [6.45, 7) is 15.8. The van der Waals surface area contributed by atoms with E-state index < -0.39 is 17.7 Å². The first-order valence-corrected chi connectivity index (χ1v) is 4.74. The Morgan fingerprint density at radius 3 is 2.06 bits per heavy atom. The van der Waals surface area contributed by atoms with Crippen molar-refractivity contribution >= 4 is 18.5 Å². The van der Waals surface area contributed by atoms with E-state index in [2.05, 4.69) is 31.4 Å². The lowest BCUT2D eigenvalue weighted by Crippen LogP contribution is -2.25. The van der Waals surface area contributed by atoms with E-state index in [0.717, 1.165) is 0 Å². The van der Waals surface area contributed by atoms with Crippen LogP contribution in [-0.4, -0.2) is 18.5 Å². The van der Waals surface area contributed by atoms with Gasteiger partial charge in [-0.15, -0.1) is 0 Å². The molecule has 16 heavy (non-hydrogen) atoms. The van der Waals surface area contributed by atoms with Crippen LogP contribution in [0.2, 0.25) is 0 Å². The zero-order chi connectivity index (χ0) is 12.9. The molecule has 0 saturated heterocycles. The molecule has 1 atom stereocenters. The van der Waals surface area contributed by atoms with E-state index in [4.69, 9.17) is 5.73 Å². The summed E-state index contributed by atoms with van der Waals surface area (Å²) in [5.74, 6) is -1.62. The quantitative estimate of drug-likeness (QED) is 0.417. The van der Waals surface area contributed by atoms with E-state index in [0.29, 0.717) is 17.6 Å². The fraction of sp³-hybridized carbons (Fsp3) is 0.250. The summed E-state index contributed by atoms with van der Waals surface area (Å²) in [5.41, 5.74) is 5.98. The molecule has 2 N–H and O–H groups in total. The standard InChI is InChI=1S/C12H16N2O2/c1-6-10(11(13)15)8(3)7(2)9(4)12(16)14-5/h10H,2-6H2,1H3,(H2,13,15). The van der Waals surface area contributed by atoms with E-state index in [9.17, 15) is 9.59 Å². The minimum atomic E-state index is -0.578. The topological polar surface area (TPSA) is 72.5 Å². The number of primary amides is 1. The first kappa shape index (κ1) is 14.0. The van der Waals surface area contributed by atoms with Gasteiger partial charge in [-0.1, -0.05) is 26.7 Å². The Hall–Kier alpha value is -1.97. The van der Waals surface area contributed by atoms with Gasteiger partial charge in [0, 0.05) is 5.57 Å². The highest BCUT2D eigenvalue weighted by atomic mass is 16.1. The number of amides is 2. The van der Waals surface area contributed by atoms with Crippen molar-refractivity contribution in [2.75, 3.05) is 0 Å². The van der Waals surface area contributed by atoms with Gasteiger partial charge in [-0.3, -0.25) is 9.59 Å². The predicted molar refractivity (Wildman–Crippen MR) is 65.0 cm³/mol. The van der Waals surface area contributed by atoms with Crippen molar-refractivity contribution in [2.24, 2.45) is 16.6 Å². The normalized spacial score (nSPS) is 11.3. The summed E-state index contributed by atoms with van der Waals surface area (Å²) >= 11 is 0. The number of hydrogen-bond donors (Lipinski definition) is 1. The molecule has 0 aromatic carbocycles. The van der Waals surface area contributed by atoms with Crippen LogP contribution in [0.25, 0.3) is 0 Å². The maximum absolute atomic E-state index is 11.2. The summed E-state index contributed by atoms with van der Waals surface area (Å²) in [5, 5.41) is 0. The molecule has 0 spiro atoms. The number of carbonyl (C=O) groups is 2. The van der Waals surface area contributed by atoms with Crippen LogP contribution in [-0.2, 0) is 9.59 Å². The van der Waals surface area contributed by atoms with Crippen molar-refractivity contribution in [1.82, 2.24) is 0 Å². The molecule has 1 unspecified atom stereocenters. The van der Waals surface area contributed by atoms with Crippen molar-refractivity contribution in [2.45, 2.75) is 13.3 Å². The summed E-state index contributed by atoms with van der Waals surface area (Å²) < 4.78 is 0. The van der Waals surface area contributed by atoms with Crippen LogP contribution in [0.1, 0.15) is 13.3 Å². The van der Waals surface area contributed by atoms with Crippen molar-refractivity contribution in [1.29, 1.82) is 0 Å². The molecule has 0 heterocycles. The van der Waals surface area contributed by atoms with E-state index >= 15 is 0 Å². The molecule has 0 bridgehead atoms. The molecule has 4 heteroatoms. The Morgan fingerprint density at radius 1 is 1.25 bits per heavy atom. The second-order valence-electron chi connectivity index (χ2n) is 3.31. The number of rotatable bonds is 6. The monoisotopic (exact) mass is 220 g/mol. The Morgan fingerprint density at radius 2 is 1.75 bits per heavy atom. The van der Waals surface area contributed by atoms with Crippen LogP contribution in [0.15, 0.2) is 41.4 Å². The van der Waals surface area contributed by atoms with Gasteiger partial charge in [0.2, 0.25) is 5.91 Å². The number of nitrogens with two attached hydrogens (primary N) is 1. The third-order valence-corrected chi connectivity index (χ3v) is 2.33. The highest BCUT2D eigenvalue weighted by Crippen LogP contribution is 2.24. The zero-order valence-corrected chi connectivity index (χ0v) is 9.45. The molecule has 0 aromatic heterocycles. The van der Waals surface area contributed by atoms with Gasteiger partial charge in [0.1, 0.15) is 0 Å². The molecule has 0 aromatic rings. The molecule has 0 saturated carbocycles. The number of hydrogen-bond acceptors (Lipinski definition) is 2. The van der Waals surface area contributed by atoms with Gasteiger partial charge < -0.3 is 5.73 Å². The van der Waals surface area contributed by atoms with Gasteiger partial charge in [0.15, 0.2) is 0 Å². The number of aliphatic imine (C=N–C) groups is 1. The van der Waals surface area contributed by atoms with Crippen LogP contribution < -0.4 is 5.73 Å². The molecule has 0 aliphatic rings. The molecular weight excluding hydrogens is 204 g/mol. The van der Waals surface area contributed by atoms with Gasteiger partial charge in [-0.2, -0.15) is 0 Å². The van der Waals surface area contributed by atoms with Crippen LogP contribution in [0, 0.1) is 5.92 Å². The van der Waals surface area contributed by atoms with Crippen molar-refractivity contribution in [3.8, 4) is 0 Å². The predicted octanol–water partition coefficient (Wildman–Crippen LogP) is 1.39. The van der Waals surface area contributed by atoms with E-state index in [1.165, 1.54) is 0 Å². The minimum Gasteiger partial charge on any atom is -0.369 e. The van der Waals surface area contributed by atoms with Gasteiger partial charge in [-0.25, -0.2) is 4.99 Å². The lowest BCUT2D eigenvalue weighted by atomic mass is 9.88. The summed E-state index contributed by atoms with van der Waals surface area (Å²) in [7, 11) is 0. The van der Waals surface area contributed by atoms with E-state index in [1.54, 1.807) is 6.92 Å². The molecule has 0 aliphatic heterocycles. The van der Waals surface area contributed by atoms with Crippen LogP contribution in [0.3, 0.4) is 0 Å². The highest BCUT2D eigenvalue weighted by Gasteiger charge is 2.21. The maximum atomic E-state index is 11.2. The van der Waals surface area contributed by atoms with Gasteiger partial charge in [0.05, 0.1) is 5.92 Å². The highest BCUT2D eigenvalue weighted by molar-refractivity contribution is 6.01. The molecule has 0 fully saturated rings. The van der Waals surface area contributed by atoms with Gasteiger partial charge in [-0.05, 0) is 24.3 Å². The average Bonchev–Trinajstić information content (AvgIpc) is 2.26. The third kappa shape index (κ3) is 3.02. The van der Waals surface area contributed by atoms with Crippen molar-refractivity contribution in [3.63, 3.8) is 0 Å². The summed E-state index contributed by atoms with van der Waals surface area (Å²) in [4.78, 5) is 25.5. The van der Waals surface area contributed by atoms with Crippen molar-refractivity contribution in [3.05, 3.63) is 36.5 Å². The lowest BCUT2D eigenvalue weighted by molar-refractivity contribution is -0.120. The van der Waals surface area contributed by atoms with Crippen molar-refractivity contribution < 1.29 is 9.59 Å². The SMILES string of the molecule is C=NC(=O)C(=C)C(=C)C(=C)C(CC)C(N)=O. The maximum Gasteiger partial charge on any atom is 0.276 e. The molecule has 0 rings (SSSR count). The minimum absolute atomic E-state index is 0.0831. The zero-order valence-electron chi connectivity index (χ0n) is 9.45. The first-order chi connectivity index (χ1) is 7.36. The Labute approximate surface area is 95.2 Å². The van der Waals surface area contributed by atoms with E-state index in [-0.39, 0.29) is 5.57 Å². The van der Waals surface area contributed by atoms with E-state index in [1.807, 2.05) is 0 Å². The van der Waals surface area contributed by atoms with Gasteiger partial charge >= 0.3 is 0 Å². The molecular formula is C12H16N2O2. The smallest absolute Gasteiger partial charge is 0.276 e. The summed E-state index contributed by atoms with van der Waals surface area (Å²) in [6, 6.07) is 0. The number of nitrogens with zero attached hydrogens (tertiary/aromatic N) is 1. The molecule has 4 nitrogen and oxygen atoms in total. The van der Waals surface area contributed by atoms with Gasteiger partial charge in [0.25, 0.3) is 5.91 Å². The Balaban J connectivity index is 4.93. The Kier molecular flexibility index (Phi) is 5.09. The Bertz CT molecular complexity index is 380. The molecule has 2 amide bonds. The van der Waals surface area contributed by atoms with Crippen LogP contribution in [0.4, 0.5) is 0 Å². The second-order valence-corrected chi connectivity index (χ2v) is 3.31. The van der Waals surface area contributed by atoms with Crippen LogP contribution in [0.5, 0.6) is 0 Å². The molecule has 86 valence electrons. The first-order valence-electron chi connectivity index (χ1n) is 4.74. The average molecular weight is 220 g/mol. The van der Waals surface area contributed by atoms with Crippen LogP contribution >= 0.6 is 0 Å².